The zero-order valence-electron chi connectivity index (χ0n) is 10.9. The van der Waals surface area contributed by atoms with Gasteiger partial charge in [-0.05, 0) is 24.6 Å². The van der Waals surface area contributed by atoms with E-state index in [0.29, 0.717) is 24.1 Å². The van der Waals surface area contributed by atoms with Gasteiger partial charge in [-0.1, -0.05) is 6.92 Å². The van der Waals surface area contributed by atoms with Crippen LogP contribution in [0.25, 0.3) is 0 Å². The van der Waals surface area contributed by atoms with E-state index < -0.39 is 17.6 Å². The summed E-state index contributed by atoms with van der Waals surface area (Å²) in [6.45, 7) is 1.77. The number of nitrogen functional groups attached to an aromatic ring is 1. The van der Waals surface area contributed by atoms with Gasteiger partial charge < -0.3 is 10.5 Å². The maximum Gasteiger partial charge on any atom is 0.419 e. The van der Waals surface area contributed by atoms with E-state index in [9.17, 15) is 17.6 Å². The highest BCUT2D eigenvalue weighted by atomic mass is 19.4. The number of alkyl halides is 3. The van der Waals surface area contributed by atoms with Crippen molar-refractivity contribution in [1.29, 1.82) is 0 Å². The molecular formula is C13H11F4N3O. The van der Waals surface area contributed by atoms with Gasteiger partial charge in [-0.25, -0.2) is 14.4 Å². The van der Waals surface area contributed by atoms with Gasteiger partial charge in [0.15, 0.2) is 0 Å². The maximum absolute atomic E-state index is 13.2. The lowest BCUT2D eigenvalue weighted by atomic mass is 10.2. The first-order valence-electron chi connectivity index (χ1n) is 5.97. The van der Waals surface area contributed by atoms with Crippen LogP contribution in [0.15, 0.2) is 24.5 Å². The molecule has 0 spiro atoms. The molecule has 0 atom stereocenters. The van der Waals surface area contributed by atoms with E-state index in [1.807, 2.05) is 0 Å². The van der Waals surface area contributed by atoms with Crippen molar-refractivity contribution in [2.45, 2.75) is 19.5 Å². The van der Waals surface area contributed by atoms with E-state index in [1.54, 1.807) is 6.92 Å². The van der Waals surface area contributed by atoms with E-state index in [1.165, 1.54) is 0 Å². The van der Waals surface area contributed by atoms with Crippen LogP contribution in [-0.4, -0.2) is 9.97 Å². The fraction of sp³-hybridized carbons (Fsp3) is 0.231. The third kappa shape index (κ3) is 3.21. The van der Waals surface area contributed by atoms with Gasteiger partial charge >= 0.3 is 6.18 Å². The lowest BCUT2D eigenvalue weighted by Gasteiger charge is -2.12. The predicted octanol–water partition coefficient (Wildman–Crippen LogP) is 3.57. The fourth-order valence-electron chi connectivity index (χ4n) is 1.73. The molecule has 2 aromatic rings. The second kappa shape index (κ2) is 5.55. The Balaban J connectivity index is 2.39. The molecule has 0 fully saturated rings. The number of hydrogen-bond acceptors (Lipinski definition) is 4. The molecule has 0 saturated carbocycles. The summed E-state index contributed by atoms with van der Waals surface area (Å²) in [4.78, 5) is 7.60. The van der Waals surface area contributed by atoms with Crippen LogP contribution >= 0.6 is 0 Å². The van der Waals surface area contributed by atoms with Gasteiger partial charge in [-0.2, -0.15) is 13.2 Å². The Morgan fingerprint density at radius 2 is 1.95 bits per heavy atom. The molecule has 112 valence electrons. The Morgan fingerprint density at radius 1 is 1.24 bits per heavy atom. The SMILES string of the molecule is CCc1c(N)ncnc1Oc1ccc(F)c(C(F)(F)F)c1. The number of benzene rings is 1. The number of rotatable bonds is 3. The highest BCUT2D eigenvalue weighted by molar-refractivity contribution is 5.46. The molecule has 2 N–H and O–H groups in total. The summed E-state index contributed by atoms with van der Waals surface area (Å²) in [6, 6.07) is 2.35. The van der Waals surface area contributed by atoms with Crippen LogP contribution < -0.4 is 10.5 Å². The minimum absolute atomic E-state index is 0.0460. The van der Waals surface area contributed by atoms with Gasteiger partial charge in [-0.15, -0.1) is 0 Å². The summed E-state index contributed by atoms with van der Waals surface area (Å²) in [6.07, 6.45) is -3.23. The molecule has 0 amide bonds. The van der Waals surface area contributed by atoms with Crippen molar-refractivity contribution >= 4 is 5.82 Å². The Bertz CT molecular complexity index is 658. The van der Waals surface area contributed by atoms with Crippen LogP contribution in [0.3, 0.4) is 0 Å². The molecule has 8 heteroatoms. The molecule has 1 aromatic heterocycles. The first-order chi connectivity index (χ1) is 9.82. The molecule has 0 aliphatic heterocycles. The standard InChI is InChI=1S/C13H11F4N3O/c1-2-8-11(18)19-6-20-12(8)21-7-3-4-10(14)9(5-7)13(15,16)17/h3-6H,2H2,1H3,(H2,18,19,20). The van der Waals surface area contributed by atoms with Gasteiger partial charge in [0.1, 0.15) is 23.7 Å². The third-order valence-corrected chi connectivity index (χ3v) is 2.75. The summed E-state index contributed by atoms with van der Waals surface area (Å²) >= 11 is 0. The van der Waals surface area contributed by atoms with E-state index in [0.717, 1.165) is 12.4 Å². The topological polar surface area (TPSA) is 61.0 Å². The van der Waals surface area contributed by atoms with E-state index in [2.05, 4.69) is 9.97 Å². The van der Waals surface area contributed by atoms with Gasteiger partial charge in [0.05, 0.1) is 11.1 Å². The summed E-state index contributed by atoms with van der Waals surface area (Å²) in [5.41, 5.74) is 4.70. The van der Waals surface area contributed by atoms with E-state index in [-0.39, 0.29) is 17.4 Å². The molecule has 21 heavy (non-hydrogen) atoms. The zero-order valence-corrected chi connectivity index (χ0v) is 10.9. The molecule has 0 aliphatic carbocycles. The van der Waals surface area contributed by atoms with Crippen molar-refractivity contribution in [1.82, 2.24) is 9.97 Å². The molecule has 0 radical (unpaired) electrons. The first-order valence-corrected chi connectivity index (χ1v) is 5.97. The summed E-state index contributed by atoms with van der Waals surface area (Å²) in [5, 5.41) is 0. The largest absolute Gasteiger partial charge is 0.439 e. The monoisotopic (exact) mass is 301 g/mol. The van der Waals surface area contributed by atoms with Gasteiger partial charge in [0.25, 0.3) is 0 Å². The van der Waals surface area contributed by atoms with Crippen molar-refractivity contribution in [3.8, 4) is 11.6 Å². The fourth-order valence-corrected chi connectivity index (χ4v) is 1.73. The maximum atomic E-state index is 13.2. The highest BCUT2D eigenvalue weighted by Gasteiger charge is 2.34. The number of nitrogens with two attached hydrogens (primary N) is 1. The van der Waals surface area contributed by atoms with E-state index in [4.69, 9.17) is 10.5 Å². The van der Waals surface area contributed by atoms with Crippen molar-refractivity contribution in [2.75, 3.05) is 5.73 Å². The minimum atomic E-state index is -4.80. The molecule has 1 aromatic carbocycles. The lowest BCUT2D eigenvalue weighted by Crippen LogP contribution is -2.08. The number of aromatic nitrogens is 2. The Hall–Kier alpha value is -2.38. The Kier molecular flexibility index (Phi) is 3.97. The second-order valence-electron chi connectivity index (χ2n) is 4.14. The molecule has 0 bridgehead atoms. The summed E-state index contributed by atoms with van der Waals surface area (Å²) in [5.74, 6) is -1.32. The van der Waals surface area contributed by atoms with Gasteiger partial charge in [0.2, 0.25) is 5.88 Å². The first kappa shape index (κ1) is 15.0. The number of anilines is 1. The van der Waals surface area contributed by atoms with Crippen LogP contribution in [-0.2, 0) is 12.6 Å². The zero-order chi connectivity index (χ0) is 15.6. The quantitative estimate of drug-likeness (QED) is 0.880. The molecule has 1 heterocycles. The molecule has 0 saturated heterocycles. The van der Waals surface area contributed by atoms with Crippen molar-refractivity contribution in [3.05, 3.63) is 41.5 Å². The predicted molar refractivity (Wildman–Crippen MR) is 67.3 cm³/mol. The number of hydrogen-bond donors (Lipinski definition) is 1. The van der Waals surface area contributed by atoms with Crippen molar-refractivity contribution in [3.63, 3.8) is 0 Å². The van der Waals surface area contributed by atoms with Crippen molar-refractivity contribution < 1.29 is 22.3 Å². The second-order valence-corrected chi connectivity index (χ2v) is 4.14. The number of halogens is 4. The van der Waals surface area contributed by atoms with Crippen LogP contribution in [0.2, 0.25) is 0 Å². The van der Waals surface area contributed by atoms with Gasteiger partial charge in [-0.3, -0.25) is 0 Å². The molecule has 0 aliphatic rings. The van der Waals surface area contributed by atoms with Crippen LogP contribution in [0.5, 0.6) is 11.6 Å². The molecule has 4 nitrogen and oxygen atoms in total. The molecule has 2 rings (SSSR count). The van der Waals surface area contributed by atoms with Crippen molar-refractivity contribution in [2.24, 2.45) is 0 Å². The average molecular weight is 301 g/mol. The van der Waals surface area contributed by atoms with Gasteiger partial charge in [0, 0.05) is 0 Å². The van der Waals surface area contributed by atoms with Crippen LogP contribution in [0, 0.1) is 5.82 Å². The molecular weight excluding hydrogens is 290 g/mol. The van der Waals surface area contributed by atoms with E-state index >= 15 is 0 Å². The highest BCUT2D eigenvalue weighted by Crippen LogP contribution is 2.35. The minimum Gasteiger partial charge on any atom is -0.439 e. The normalized spacial score (nSPS) is 11.5. The molecule has 0 unspecified atom stereocenters. The summed E-state index contributed by atoms with van der Waals surface area (Å²) in [7, 11) is 0. The third-order valence-electron chi connectivity index (χ3n) is 2.75. The number of nitrogens with zero attached hydrogens (tertiary/aromatic N) is 2. The lowest BCUT2D eigenvalue weighted by molar-refractivity contribution is -0.140. The number of ether oxygens (including phenoxy) is 1. The smallest absolute Gasteiger partial charge is 0.419 e. The van der Waals surface area contributed by atoms with Crippen LogP contribution in [0.4, 0.5) is 23.4 Å². The summed E-state index contributed by atoms with van der Waals surface area (Å²) < 4.78 is 56.4. The average Bonchev–Trinajstić information content (AvgIpc) is 2.40. The van der Waals surface area contributed by atoms with Crippen LogP contribution in [0.1, 0.15) is 18.1 Å². The Labute approximate surface area is 117 Å². The Morgan fingerprint density at radius 3 is 2.57 bits per heavy atom.